The van der Waals surface area contributed by atoms with Gasteiger partial charge >= 0.3 is 0 Å². The molecule has 2 aliphatic carbocycles. The van der Waals surface area contributed by atoms with Crippen molar-refractivity contribution in [3.63, 3.8) is 0 Å². The molecule has 0 amide bonds. The van der Waals surface area contributed by atoms with Crippen molar-refractivity contribution in [2.45, 2.75) is 19.3 Å². The van der Waals surface area contributed by atoms with Crippen LogP contribution >= 0.6 is 0 Å². The Morgan fingerprint density at radius 3 is 2.43 bits per heavy atom. The van der Waals surface area contributed by atoms with Gasteiger partial charge in [0.1, 0.15) is 11.6 Å². The van der Waals surface area contributed by atoms with E-state index in [0.717, 1.165) is 35.7 Å². The largest absolute Gasteiger partial charge is 0.368 e. The van der Waals surface area contributed by atoms with Crippen LogP contribution in [0.1, 0.15) is 40.7 Å². The lowest BCUT2D eigenvalue weighted by Gasteiger charge is -2.27. The van der Waals surface area contributed by atoms with Crippen molar-refractivity contribution in [1.29, 1.82) is 0 Å². The smallest absolute Gasteiger partial charge is 0.145 e. The van der Waals surface area contributed by atoms with Gasteiger partial charge in [-0.15, -0.1) is 0 Å². The van der Waals surface area contributed by atoms with Gasteiger partial charge in [-0.05, 0) is 88.7 Å². The third-order valence-electron chi connectivity index (χ3n) is 9.74. The van der Waals surface area contributed by atoms with Gasteiger partial charge in [-0.1, -0.05) is 134 Å². The molecule has 47 heavy (non-hydrogen) atoms. The van der Waals surface area contributed by atoms with E-state index in [4.69, 9.17) is 0 Å². The molecule has 0 radical (unpaired) electrons. The number of hydrogen-bond donors (Lipinski definition) is 1. The normalized spacial score (nSPS) is 18.5. The summed E-state index contributed by atoms with van der Waals surface area (Å²) in [7, 11) is 0. The van der Waals surface area contributed by atoms with Crippen molar-refractivity contribution in [2.75, 3.05) is 6.54 Å². The average molecular weight is 608 g/mol. The van der Waals surface area contributed by atoms with Gasteiger partial charge in [0, 0.05) is 23.4 Å². The summed E-state index contributed by atoms with van der Waals surface area (Å²) in [6.07, 6.45) is 20.7. The predicted octanol–water partition coefficient (Wildman–Crippen LogP) is 10.5. The fourth-order valence-corrected chi connectivity index (χ4v) is 7.61. The molecule has 3 nitrogen and oxygen atoms in total. The molecule has 1 aliphatic heterocycles. The molecule has 2 heterocycles. The van der Waals surface area contributed by atoms with Crippen LogP contribution in [0.5, 0.6) is 0 Å². The fraction of sp³-hybridized carbons (Fsp3) is 0.114. The van der Waals surface area contributed by atoms with Crippen LogP contribution in [0.3, 0.4) is 0 Å². The maximum absolute atomic E-state index is 4.55. The molecule has 0 saturated carbocycles. The number of nitrogens with zero attached hydrogens (tertiary/aromatic N) is 2. The zero-order chi connectivity index (χ0) is 31.7. The Morgan fingerprint density at radius 2 is 1.64 bits per heavy atom. The summed E-state index contributed by atoms with van der Waals surface area (Å²) in [5, 5.41) is 4.72. The SMILES string of the molecule is C=Nc1c(/C=C\C)c2cc(C3Cc4ccccc4C(c4ccc(-c5ccccc5)cc4)=C4C=CC=CC43)ccc2n1C1=CC=CCN1. The first-order chi connectivity index (χ1) is 23.2. The Balaban J connectivity index is 1.29. The van der Waals surface area contributed by atoms with Gasteiger partial charge < -0.3 is 5.32 Å². The molecule has 4 aromatic carbocycles. The Morgan fingerprint density at radius 1 is 0.851 bits per heavy atom. The number of aliphatic imine (C=N–C) groups is 1. The highest BCUT2D eigenvalue weighted by molar-refractivity contribution is 5.98. The molecule has 0 bridgehead atoms. The average Bonchev–Trinajstić information content (AvgIpc) is 3.36. The molecule has 2 unspecified atom stereocenters. The molecule has 0 saturated heterocycles. The highest BCUT2D eigenvalue weighted by atomic mass is 15.2. The molecule has 1 N–H and O–H groups in total. The second kappa shape index (κ2) is 12.3. The van der Waals surface area contributed by atoms with E-state index in [1.807, 2.05) is 0 Å². The zero-order valence-corrected chi connectivity index (χ0v) is 26.6. The van der Waals surface area contributed by atoms with Crippen LogP contribution in [-0.2, 0) is 6.42 Å². The summed E-state index contributed by atoms with van der Waals surface area (Å²) >= 11 is 0. The number of dihydropyridines is 1. The van der Waals surface area contributed by atoms with Gasteiger partial charge in [0.2, 0.25) is 0 Å². The van der Waals surface area contributed by atoms with Crippen LogP contribution in [-0.4, -0.2) is 17.8 Å². The van der Waals surface area contributed by atoms with Crippen molar-refractivity contribution in [2.24, 2.45) is 10.9 Å². The van der Waals surface area contributed by atoms with Crippen LogP contribution in [0.15, 0.2) is 156 Å². The molecule has 0 spiro atoms. The van der Waals surface area contributed by atoms with E-state index in [2.05, 4.69) is 180 Å². The summed E-state index contributed by atoms with van der Waals surface area (Å²) < 4.78 is 2.21. The van der Waals surface area contributed by atoms with Crippen LogP contribution in [0.25, 0.3) is 39.5 Å². The lowest BCUT2D eigenvalue weighted by atomic mass is 9.76. The van der Waals surface area contributed by atoms with Gasteiger partial charge in [0.15, 0.2) is 0 Å². The minimum Gasteiger partial charge on any atom is -0.368 e. The van der Waals surface area contributed by atoms with E-state index >= 15 is 0 Å². The van der Waals surface area contributed by atoms with Crippen molar-refractivity contribution < 1.29 is 0 Å². The lowest BCUT2D eigenvalue weighted by Crippen LogP contribution is -2.19. The first-order valence-electron chi connectivity index (χ1n) is 16.5. The second-order valence-electron chi connectivity index (χ2n) is 12.4. The molecule has 8 rings (SSSR count). The van der Waals surface area contributed by atoms with Crippen molar-refractivity contribution in [3.05, 3.63) is 179 Å². The third-order valence-corrected chi connectivity index (χ3v) is 9.74. The van der Waals surface area contributed by atoms with Gasteiger partial charge in [-0.2, -0.15) is 0 Å². The maximum Gasteiger partial charge on any atom is 0.145 e. The summed E-state index contributed by atoms with van der Waals surface area (Å²) in [5.74, 6) is 2.36. The van der Waals surface area contributed by atoms with E-state index in [0.29, 0.717) is 0 Å². The van der Waals surface area contributed by atoms with E-state index in [1.54, 1.807) is 0 Å². The van der Waals surface area contributed by atoms with Crippen LogP contribution in [0.2, 0.25) is 0 Å². The Kier molecular flexibility index (Phi) is 7.51. The summed E-state index contributed by atoms with van der Waals surface area (Å²) in [5.41, 5.74) is 12.7. The maximum atomic E-state index is 4.55. The summed E-state index contributed by atoms with van der Waals surface area (Å²) in [6, 6.07) is 35.8. The molecule has 3 heteroatoms. The standard InChI is InChI=1S/C44H37N3/c1-3-13-38-40-29-34(25-26-41(40)47(44(38)45-2)42-20-11-12-27-46-42)39-28-33-16-7-8-17-35(33)43(37-19-10-9-18-36(37)39)32-23-21-31(22-24-32)30-14-5-4-6-15-30/h3-26,29,36,39,46H,2,27-28H2,1H3/b13-3-. The van der Waals surface area contributed by atoms with E-state index < -0.39 is 0 Å². The Hall–Kier alpha value is -5.67. The van der Waals surface area contributed by atoms with Crippen LogP contribution < -0.4 is 5.32 Å². The zero-order valence-electron chi connectivity index (χ0n) is 26.6. The molecule has 2 atom stereocenters. The number of nitrogens with one attached hydrogen (secondary N) is 1. The minimum atomic E-state index is 0.228. The lowest BCUT2D eigenvalue weighted by molar-refractivity contribution is 0.577. The van der Waals surface area contributed by atoms with E-state index in [-0.39, 0.29) is 11.8 Å². The number of fused-ring (bicyclic) bond motifs is 3. The number of benzene rings is 4. The first kappa shape index (κ1) is 28.8. The fourth-order valence-electron chi connectivity index (χ4n) is 7.61. The predicted molar refractivity (Wildman–Crippen MR) is 200 cm³/mol. The minimum absolute atomic E-state index is 0.228. The van der Waals surface area contributed by atoms with Crippen LogP contribution in [0, 0.1) is 5.92 Å². The molecule has 5 aromatic rings. The number of aromatic nitrogens is 1. The molecule has 3 aliphatic rings. The van der Waals surface area contributed by atoms with Crippen molar-refractivity contribution >= 4 is 40.9 Å². The quantitative estimate of drug-likeness (QED) is 0.191. The van der Waals surface area contributed by atoms with E-state index in [9.17, 15) is 0 Å². The molecule has 1 aromatic heterocycles. The third kappa shape index (κ3) is 5.05. The van der Waals surface area contributed by atoms with Gasteiger partial charge in [0.05, 0.1) is 5.52 Å². The number of allylic oxidation sites excluding steroid dienone is 8. The van der Waals surface area contributed by atoms with E-state index in [1.165, 1.54) is 49.9 Å². The highest BCUT2D eigenvalue weighted by Crippen LogP contribution is 2.47. The summed E-state index contributed by atoms with van der Waals surface area (Å²) in [4.78, 5) is 4.55. The molecule has 228 valence electrons. The second-order valence-corrected chi connectivity index (χ2v) is 12.4. The monoisotopic (exact) mass is 607 g/mol. The molecular formula is C44H37N3. The first-order valence-corrected chi connectivity index (χ1v) is 16.5. The molecular weight excluding hydrogens is 571 g/mol. The summed E-state index contributed by atoms with van der Waals surface area (Å²) in [6.45, 7) is 6.84. The Labute approximate surface area is 277 Å². The van der Waals surface area contributed by atoms with Crippen LogP contribution in [0.4, 0.5) is 5.82 Å². The van der Waals surface area contributed by atoms with Gasteiger partial charge in [0.25, 0.3) is 0 Å². The number of hydrogen-bond acceptors (Lipinski definition) is 2. The topological polar surface area (TPSA) is 29.3 Å². The van der Waals surface area contributed by atoms with Gasteiger partial charge in [-0.25, -0.2) is 4.99 Å². The van der Waals surface area contributed by atoms with Crippen molar-refractivity contribution in [3.8, 4) is 11.1 Å². The van der Waals surface area contributed by atoms with Gasteiger partial charge in [-0.3, -0.25) is 4.57 Å². The number of rotatable bonds is 6. The highest BCUT2D eigenvalue weighted by Gasteiger charge is 2.33. The molecule has 0 fully saturated rings. The Bertz CT molecular complexity index is 2180. The van der Waals surface area contributed by atoms with Crippen molar-refractivity contribution in [1.82, 2.24) is 9.88 Å².